The van der Waals surface area contributed by atoms with Crippen molar-refractivity contribution in [2.75, 3.05) is 44.8 Å². The van der Waals surface area contributed by atoms with Crippen LogP contribution < -0.4 is 14.4 Å². The van der Waals surface area contributed by atoms with Gasteiger partial charge in [0, 0.05) is 32.2 Å². The highest BCUT2D eigenvalue weighted by molar-refractivity contribution is 5.78. The van der Waals surface area contributed by atoms with Crippen molar-refractivity contribution in [3.05, 3.63) is 64.2 Å². The van der Waals surface area contributed by atoms with E-state index in [-0.39, 0.29) is 23.1 Å². The molecule has 1 aliphatic heterocycles. The fraction of sp³-hybridized carbons (Fsp3) is 0.318. The lowest BCUT2D eigenvalue weighted by Crippen LogP contribution is -2.50. The Morgan fingerprint density at radius 1 is 1.13 bits per heavy atom. The molecule has 1 fully saturated rings. The lowest BCUT2D eigenvalue weighted by molar-refractivity contribution is -0.384. The molecule has 0 atom stereocenters. The quantitative estimate of drug-likeness (QED) is 0.513. The number of nitro benzene ring substituents is 1. The van der Waals surface area contributed by atoms with Crippen molar-refractivity contribution in [3.8, 4) is 11.5 Å². The third-order valence-electron chi connectivity index (χ3n) is 4.95. The Morgan fingerprint density at radius 3 is 2.53 bits per heavy atom. The number of methoxy groups -OCH3 is 1. The SMILES string of the molecule is C/C=C/c1ccc(OCC(=O)N2CCN(c3ccccc3[N+](=O)[O-])CC2)c(OC)c1. The highest BCUT2D eigenvalue weighted by Gasteiger charge is 2.25. The summed E-state index contributed by atoms with van der Waals surface area (Å²) in [5.41, 5.74) is 1.64. The molecule has 0 N–H and O–H groups in total. The normalized spacial score (nSPS) is 14.1. The van der Waals surface area contributed by atoms with E-state index in [0.717, 1.165) is 5.56 Å². The number of ether oxygens (including phenoxy) is 2. The summed E-state index contributed by atoms with van der Waals surface area (Å²) in [6, 6.07) is 12.2. The molecule has 0 spiro atoms. The Kier molecular flexibility index (Phi) is 6.90. The summed E-state index contributed by atoms with van der Waals surface area (Å²) in [6.45, 7) is 3.85. The summed E-state index contributed by atoms with van der Waals surface area (Å²) in [6.07, 6.45) is 3.89. The van der Waals surface area contributed by atoms with Gasteiger partial charge in [-0.1, -0.05) is 30.4 Å². The molecule has 0 aromatic heterocycles. The Morgan fingerprint density at radius 2 is 1.87 bits per heavy atom. The maximum Gasteiger partial charge on any atom is 0.292 e. The molecule has 3 rings (SSSR count). The number of nitrogens with zero attached hydrogens (tertiary/aromatic N) is 3. The fourth-order valence-electron chi connectivity index (χ4n) is 3.41. The van der Waals surface area contributed by atoms with Crippen molar-refractivity contribution < 1.29 is 19.2 Å². The first-order chi connectivity index (χ1) is 14.5. The average Bonchev–Trinajstić information content (AvgIpc) is 2.78. The second kappa shape index (κ2) is 9.78. The van der Waals surface area contributed by atoms with E-state index in [1.54, 1.807) is 36.3 Å². The van der Waals surface area contributed by atoms with Crippen molar-refractivity contribution >= 4 is 23.4 Å². The molecule has 2 aromatic rings. The van der Waals surface area contributed by atoms with Gasteiger partial charge in [0.05, 0.1) is 12.0 Å². The number of rotatable bonds is 7. The highest BCUT2D eigenvalue weighted by Crippen LogP contribution is 2.30. The minimum absolute atomic E-state index is 0.0778. The second-order valence-corrected chi connectivity index (χ2v) is 6.81. The van der Waals surface area contributed by atoms with Gasteiger partial charge in [0.1, 0.15) is 5.69 Å². The molecular weight excluding hydrogens is 386 g/mol. The number of carbonyl (C=O) groups excluding carboxylic acids is 1. The Labute approximate surface area is 175 Å². The first-order valence-corrected chi connectivity index (χ1v) is 9.73. The number of carbonyl (C=O) groups is 1. The number of allylic oxidation sites excluding steroid dienone is 1. The summed E-state index contributed by atoms with van der Waals surface area (Å²) in [4.78, 5) is 27.1. The molecule has 1 amide bonds. The summed E-state index contributed by atoms with van der Waals surface area (Å²) in [7, 11) is 1.56. The van der Waals surface area contributed by atoms with Crippen LogP contribution in [0.2, 0.25) is 0 Å². The zero-order valence-electron chi connectivity index (χ0n) is 17.1. The zero-order valence-corrected chi connectivity index (χ0v) is 17.1. The van der Waals surface area contributed by atoms with Gasteiger partial charge < -0.3 is 19.3 Å². The number of hydrogen-bond acceptors (Lipinski definition) is 6. The van der Waals surface area contributed by atoms with Crippen LogP contribution in [0.3, 0.4) is 0 Å². The molecule has 0 aliphatic carbocycles. The Balaban J connectivity index is 1.57. The van der Waals surface area contributed by atoms with Gasteiger partial charge in [0.2, 0.25) is 0 Å². The van der Waals surface area contributed by atoms with Crippen LogP contribution in [0.5, 0.6) is 11.5 Å². The van der Waals surface area contributed by atoms with E-state index in [0.29, 0.717) is 43.4 Å². The van der Waals surface area contributed by atoms with Gasteiger partial charge in [-0.3, -0.25) is 14.9 Å². The monoisotopic (exact) mass is 411 g/mol. The number of amides is 1. The largest absolute Gasteiger partial charge is 0.493 e. The molecule has 0 radical (unpaired) electrons. The molecule has 30 heavy (non-hydrogen) atoms. The molecule has 1 heterocycles. The smallest absolute Gasteiger partial charge is 0.292 e. The Hall–Kier alpha value is -3.55. The van der Waals surface area contributed by atoms with Crippen LogP contribution >= 0.6 is 0 Å². The number of piperazine rings is 1. The number of hydrogen-bond donors (Lipinski definition) is 0. The summed E-state index contributed by atoms with van der Waals surface area (Å²) >= 11 is 0. The average molecular weight is 411 g/mol. The topological polar surface area (TPSA) is 85.2 Å². The summed E-state index contributed by atoms with van der Waals surface area (Å²) < 4.78 is 11.1. The van der Waals surface area contributed by atoms with Crippen LogP contribution in [0.25, 0.3) is 6.08 Å². The van der Waals surface area contributed by atoms with Crippen LogP contribution in [0.15, 0.2) is 48.5 Å². The van der Waals surface area contributed by atoms with Gasteiger partial charge >= 0.3 is 0 Å². The second-order valence-electron chi connectivity index (χ2n) is 6.81. The van der Waals surface area contributed by atoms with E-state index >= 15 is 0 Å². The zero-order chi connectivity index (χ0) is 21.5. The standard InChI is InChI=1S/C22H25N3O5/c1-3-6-17-9-10-20(21(15-17)29-2)30-16-22(26)24-13-11-23(12-14-24)18-7-4-5-8-19(18)25(27)28/h3-10,15H,11-14,16H2,1-2H3/b6-3+. The van der Waals surface area contributed by atoms with E-state index in [4.69, 9.17) is 9.47 Å². The van der Waals surface area contributed by atoms with Gasteiger partial charge in [0.15, 0.2) is 18.1 Å². The number of benzene rings is 2. The van der Waals surface area contributed by atoms with Crippen LogP contribution in [0, 0.1) is 10.1 Å². The number of nitro groups is 1. The molecule has 0 unspecified atom stereocenters. The van der Waals surface area contributed by atoms with Crippen LogP contribution in [0.1, 0.15) is 12.5 Å². The van der Waals surface area contributed by atoms with Crippen LogP contribution in [-0.2, 0) is 4.79 Å². The molecule has 8 heteroatoms. The van der Waals surface area contributed by atoms with Crippen molar-refractivity contribution in [3.63, 3.8) is 0 Å². The minimum Gasteiger partial charge on any atom is -0.493 e. The predicted octanol–water partition coefficient (Wildman–Crippen LogP) is 3.36. The van der Waals surface area contributed by atoms with E-state index in [2.05, 4.69) is 0 Å². The molecule has 8 nitrogen and oxygen atoms in total. The van der Waals surface area contributed by atoms with E-state index in [9.17, 15) is 14.9 Å². The number of anilines is 1. The van der Waals surface area contributed by atoms with Crippen molar-refractivity contribution in [1.29, 1.82) is 0 Å². The molecule has 158 valence electrons. The maximum absolute atomic E-state index is 12.6. The van der Waals surface area contributed by atoms with E-state index in [1.807, 2.05) is 36.1 Å². The summed E-state index contributed by atoms with van der Waals surface area (Å²) in [5, 5.41) is 11.3. The van der Waals surface area contributed by atoms with Crippen molar-refractivity contribution in [2.45, 2.75) is 6.92 Å². The van der Waals surface area contributed by atoms with E-state index in [1.165, 1.54) is 6.07 Å². The third-order valence-corrected chi connectivity index (χ3v) is 4.95. The minimum atomic E-state index is -0.379. The van der Waals surface area contributed by atoms with Gasteiger partial charge in [-0.05, 0) is 30.7 Å². The predicted molar refractivity (Wildman–Crippen MR) is 115 cm³/mol. The van der Waals surface area contributed by atoms with Crippen molar-refractivity contribution in [1.82, 2.24) is 4.90 Å². The van der Waals surface area contributed by atoms with Gasteiger partial charge in [-0.25, -0.2) is 0 Å². The first kappa shape index (κ1) is 21.2. The molecule has 2 aromatic carbocycles. The third kappa shape index (κ3) is 4.89. The number of para-hydroxylation sites is 2. The lowest BCUT2D eigenvalue weighted by Gasteiger charge is -2.35. The Bertz CT molecular complexity index is 936. The molecule has 0 saturated carbocycles. The first-order valence-electron chi connectivity index (χ1n) is 9.73. The van der Waals surface area contributed by atoms with Crippen molar-refractivity contribution in [2.24, 2.45) is 0 Å². The molecule has 0 bridgehead atoms. The van der Waals surface area contributed by atoms with Gasteiger partial charge in [-0.15, -0.1) is 0 Å². The molecule has 1 aliphatic rings. The summed E-state index contributed by atoms with van der Waals surface area (Å²) in [5.74, 6) is 0.953. The van der Waals surface area contributed by atoms with Gasteiger partial charge in [-0.2, -0.15) is 0 Å². The van der Waals surface area contributed by atoms with Crippen LogP contribution in [0.4, 0.5) is 11.4 Å². The molecular formula is C22H25N3O5. The van der Waals surface area contributed by atoms with E-state index < -0.39 is 0 Å². The lowest BCUT2D eigenvalue weighted by atomic mass is 10.2. The van der Waals surface area contributed by atoms with Gasteiger partial charge in [0.25, 0.3) is 11.6 Å². The maximum atomic E-state index is 12.6. The highest BCUT2D eigenvalue weighted by atomic mass is 16.6. The molecule has 1 saturated heterocycles. The van der Waals surface area contributed by atoms with Crippen LogP contribution in [-0.4, -0.2) is 55.6 Å². The fourth-order valence-corrected chi connectivity index (χ4v) is 3.41.